The molecule has 22 heavy (non-hydrogen) atoms. The van der Waals surface area contributed by atoms with E-state index in [0.29, 0.717) is 0 Å². The molecule has 1 saturated heterocycles. The Morgan fingerprint density at radius 3 is 2.73 bits per heavy atom. The van der Waals surface area contributed by atoms with Crippen LogP contribution in [0.5, 0.6) is 0 Å². The molecule has 1 fully saturated rings. The highest BCUT2D eigenvalue weighted by atomic mass is 16.3. The normalized spacial score (nSPS) is 17.6. The van der Waals surface area contributed by atoms with E-state index < -0.39 is 0 Å². The summed E-state index contributed by atoms with van der Waals surface area (Å²) in [5.41, 5.74) is 2.30. The third kappa shape index (κ3) is 2.40. The molecule has 1 atom stereocenters. The number of benzene rings is 1. The number of pyridine rings is 1. The summed E-state index contributed by atoms with van der Waals surface area (Å²) >= 11 is 0. The van der Waals surface area contributed by atoms with Gasteiger partial charge in [0.2, 0.25) is 0 Å². The third-order valence-electron chi connectivity index (χ3n) is 4.31. The average molecular weight is 293 g/mol. The minimum atomic E-state index is 0.144. The molecule has 4 nitrogen and oxygen atoms in total. The quantitative estimate of drug-likeness (QED) is 0.806. The maximum absolute atomic E-state index is 5.77. The maximum Gasteiger partial charge on any atom is 0.125 e. The van der Waals surface area contributed by atoms with E-state index >= 15 is 0 Å². The van der Waals surface area contributed by atoms with Crippen molar-refractivity contribution in [2.75, 3.05) is 26.2 Å². The first kappa shape index (κ1) is 13.5. The first-order chi connectivity index (χ1) is 10.9. The van der Waals surface area contributed by atoms with Crippen LogP contribution in [0.25, 0.3) is 10.9 Å². The lowest BCUT2D eigenvalue weighted by atomic mass is 9.98. The Labute approximate surface area is 129 Å². The summed E-state index contributed by atoms with van der Waals surface area (Å²) in [7, 11) is 0. The smallest absolute Gasteiger partial charge is 0.125 e. The van der Waals surface area contributed by atoms with Gasteiger partial charge in [-0.25, -0.2) is 0 Å². The van der Waals surface area contributed by atoms with Crippen molar-refractivity contribution in [3.63, 3.8) is 0 Å². The maximum atomic E-state index is 5.77. The Kier molecular flexibility index (Phi) is 3.62. The number of hydrogen-bond donors (Lipinski definition) is 1. The second-order valence-corrected chi connectivity index (χ2v) is 5.62. The highest BCUT2D eigenvalue weighted by Crippen LogP contribution is 2.33. The minimum Gasteiger partial charge on any atom is -0.467 e. The molecule has 1 aromatic carbocycles. The first-order valence-corrected chi connectivity index (χ1v) is 7.75. The fraction of sp³-hybridized carbons (Fsp3) is 0.278. The molecule has 4 heteroatoms. The molecule has 4 rings (SSSR count). The molecule has 0 spiro atoms. The molecule has 1 aliphatic heterocycles. The predicted octanol–water partition coefficient (Wildman–Crippen LogP) is 2.82. The van der Waals surface area contributed by atoms with Gasteiger partial charge in [0.15, 0.2) is 0 Å². The van der Waals surface area contributed by atoms with Crippen LogP contribution >= 0.6 is 0 Å². The average Bonchev–Trinajstić information content (AvgIpc) is 3.11. The zero-order valence-corrected chi connectivity index (χ0v) is 12.4. The van der Waals surface area contributed by atoms with Crippen LogP contribution in [0.2, 0.25) is 0 Å². The fourth-order valence-corrected chi connectivity index (χ4v) is 3.27. The lowest BCUT2D eigenvalue weighted by Gasteiger charge is -2.34. The molecule has 2 aromatic heterocycles. The van der Waals surface area contributed by atoms with Gasteiger partial charge in [0.05, 0.1) is 17.8 Å². The second kappa shape index (κ2) is 5.91. The van der Waals surface area contributed by atoms with Crippen molar-refractivity contribution in [1.29, 1.82) is 0 Å². The molecular weight excluding hydrogens is 274 g/mol. The zero-order valence-electron chi connectivity index (χ0n) is 12.4. The van der Waals surface area contributed by atoms with E-state index in [9.17, 15) is 0 Å². The Bertz CT molecular complexity index is 743. The summed E-state index contributed by atoms with van der Waals surface area (Å²) in [6.45, 7) is 4.06. The van der Waals surface area contributed by atoms with Gasteiger partial charge in [-0.05, 0) is 29.8 Å². The van der Waals surface area contributed by atoms with Gasteiger partial charge < -0.3 is 9.73 Å². The van der Waals surface area contributed by atoms with Crippen LogP contribution in [-0.4, -0.2) is 36.1 Å². The predicted molar refractivity (Wildman–Crippen MR) is 86.7 cm³/mol. The van der Waals surface area contributed by atoms with Gasteiger partial charge in [0.25, 0.3) is 0 Å². The fourth-order valence-electron chi connectivity index (χ4n) is 3.27. The van der Waals surface area contributed by atoms with Crippen molar-refractivity contribution < 1.29 is 4.42 Å². The van der Waals surface area contributed by atoms with Crippen molar-refractivity contribution in [2.24, 2.45) is 0 Å². The number of rotatable bonds is 3. The number of nitrogens with zero attached hydrogens (tertiary/aromatic N) is 2. The van der Waals surface area contributed by atoms with E-state index in [2.05, 4.69) is 45.5 Å². The van der Waals surface area contributed by atoms with Crippen molar-refractivity contribution in [3.8, 4) is 0 Å². The van der Waals surface area contributed by atoms with Gasteiger partial charge >= 0.3 is 0 Å². The number of para-hydroxylation sites is 1. The van der Waals surface area contributed by atoms with Gasteiger partial charge in [-0.1, -0.05) is 18.2 Å². The van der Waals surface area contributed by atoms with E-state index in [1.807, 2.05) is 18.3 Å². The Balaban J connectivity index is 1.85. The summed E-state index contributed by atoms with van der Waals surface area (Å²) in [5, 5.41) is 4.62. The van der Waals surface area contributed by atoms with Crippen LogP contribution in [0.4, 0.5) is 0 Å². The van der Waals surface area contributed by atoms with E-state index in [1.54, 1.807) is 6.26 Å². The topological polar surface area (TPSA) is 41.3 Å². The number of hydrogen-bond acceptors (Lipinski definition) is 4. The van der Waals surface area contributed by atoms with Gasteiger partial charge in [-0.15, -0.1) is 0 Å². The summed E-state index contributed by atoms with van der Waals surface area (Å²) in [6, 6.07) is 14.6. The summed E-state index contributed by atoms with van der Waals surface area (Å²) in [4.78, 5) is 6.97. The van der Waals surface area contributed by atoms with Gasteiger partial charge in [-0.2, -0.15) is 0 Å². The highest BCUT2D eigenvalue weighted by Gasteiger charge is 2.27. The van der Waals surface area contributed by atoms with Crippen LogP contribution in [0, 0.1) is 0 Å². The number of nitrogens with one attached hydrogen (secondary N) is 1. The lowest BCUT2D eigenvalue weighted by molar-refractivity contribution is 0.181. The van der Waals surface area contributed by atoms with E-state index in [4.69, 9.17) is 4.42 Å². The van der Waals surface area contributed by atoms with Crippen molar-refractivity contribution in [1.82, 2.24) is 15.2 Å². The van der Waals surface area contributed by atoms with Crippen LogP contribution in [0.3, 0.4) is 0 Å². The first-order valence-electron chi connectivity index (χ1n) is 7.75. The minimum absolute atomic E-state index is 0.144. The molecule has 0 radical (unpaired) electrons. The molecular formula is C18H19N3O. The monoisotopic (exact) mass is 293 g/mol. The Hall–Kier alpha value is -2.17. The van der Waals surface area contributed by atoms with E-state index in [-0.39, 0.29) is 6.04 Å². The van der Waals surface area contributed by atoms with Gasteiger partial charge in [0.1, 0.15) is 5.76 Å². The molecule has 3 heterocycles. The molecule has 112 valence electrons. The molecule has 1 N–H and O–H groups in total. The molecule has 3 aromatic rings. The third-order valence-corrected chi connectivity index (χ3v) is 4.31. The van der Waals surface area contributed by atoms with Crippen LogP contribution in [0.15, 0.2) is 59.3 Å². The lowest BCUT2D eigenvalue weighted by Crippen LogP contribution is -2.45. The summed E-state index contributed by atoms with van der Waals surface area (Å²) in [6.07, 6.45) is 3.66. The Morgan fingerprint density at radius 1 is 1.05 bits per heavy atom. The molecule has 0 amide bonds. The standard InChI is InChI=1S/C18H19N3O/c1-2-5-16-14(4-1)15(7-8-20-16)18(17-6-3-13-22-17)21-11-9-19-10-12-21/h1-8,13,18-19H,9-12H2. The van der Waals surface area contributed by atoms with Crippen LogP contribution in [-0.2, 0) is 0 Å². The second-order valence-electron chi connectivity index (χ2n) is 5.62. The summed E-state index contributed by atoms with van der Waals surface area (Å²) < 4.78 is 5.77. The molecule has 0 bridgehead atoms. The summed E-state index contributed by atoms with van der Waals surface area (Å²) in [5.74, 6) is 0.998. The van der Waals surface area contributed by atoms with Gasteiger partial charge in [-0.3, -0.25) is 9.88 Å². The van der Waals surface area contributed by atoms with Crippen molar-refractivity contribution in [3.05, 3.63) is 66.2 Å². The zero-order chi connectivity index (χ0) is 14.8. The SMILES string of the molecule is c1coc(C(c2ccnc3ccccc23)N2CCNCC2)c1. The van der Waals surface area contributed by atoms with Gasteiger partial charge in [0, 0.05) is 37.8 Å². The number of furan rings is 1. The van der Waals surface area contributed by atoms with Crippen molar-refractivity contribution >= 4 is 10.9 Å². The van der Waals surface area contributed by atoms with E-state index in [0.717, 1.165) is 37.5 Å². The van der Waals surface area contributed by atoms with Crippen LogP contribution < -0.4 is 5.32 Å². The molecule has 0 aliphatic carbocycles. The largest absolute Gasteiger partial charge is 0.467 e. The number of fused-ring (bicyclic) bond motifs is 1. The molecule has 0 saturated carbocycles. The number of aromatic nitrogens is 1. The van der Waals surface area contributed by atoms with Crippen molar-refractivity contribution in [2.45, 2.75) is 6.04 Å². The highest BCUT2D eigenvalue weighted by molar-refractivity contribution is 5.82. The molecule has 1 unspecified atom stereocenters. The Morgan fingerprint density at radius 2 is 1.91 bits per heavy atom. The molecule has 1 aliphatic rings. The van der Waals surface area contributed by atoms with E-state index in [1.165, 1.54) is 10.9 Å². The number of piperazine rings is 1. The van der Waals surface area contributed by atoms with Crippen LogP contribution in [0.1, 0.15) is 17.4 Å².